The van der Waals surface area contributed by atoms with Crippen LogP contribution in [-0.4, -0.2) is 28.0 Å². The van der Waals surface area contributed by atoms with Crippen LogP contribution in [0.2, 0.25) is 0 Å². The van der Waals surface area contributed by atoms with E-state index in [0.29, 0.717) is 0 Å². The number of carbonyl (C=O) groups is 1. The molecule has 90 valence electrons. The van der Waals surface area contributed by atoms with Gasteiger partial charge in [-0.1, -0.05) is 12.1 Å². The van der Waals surface area contributed by atoms with Crippen LogP contribution >= 0.6 is 22.6 Å². The molecule has 6 nitrogen and oxygen atoms in total. The molecule has 0 heterocycles. The van der Waals surface area contributed by atoms with Gasteiger partial charge in [0.25, 0.3) is 0 Å². The summed E-state index contributed by atoms with van der Waals surface area (Å²) in [6.07, 6.45) is 0.849. The molecule has 0 N–H and O–H groups in total. The molecule has 0 fully saturated rings. The molecule has 0 saturated carbocycles. The number of hydrogen-bond donors (Lipinski definition) is 0. The molecule has 1 atom stereocenters. The van der Waals surface area contributed by atoms with Crippen molar-refractivity contribution >= 4 is 48.1 Å². The van der Waals surface area contributed by atoms with Crippen LogP contribution in [0.3, 0.4) is 0 Å². The van der Waals surface area contributed by atoms with Gasteiger partial charge in [0.05, 0.1) is 10.1 Å². The first-order valence-electron chi connectivity index (χ1n) is 3.53. The Bertz CT molecular complexity index is 492. The Labute approximate surface area is 164 Å². The fourth-order valence-electron chi connectivity index (χ4n) is 0.580. The minimum absolute atomic E-state index is 0. The third-order valence-electron chi connectivity index (χ3n) is 1.15. The summed E-state index contributed by atoms with van der Waals surface area (Å²) in [5.41, 5.74) is 0.738. The number of carbonyl (C=O) groups excluding carboxylic acids is 1. The van der Waals surface area contributed by atoms with Crippen molar-refractivity contribution in [2.75, 3.05) is 0 Å². The monoisotopic (exact) mass is 422 g/mol. The van der Waals surface area contributed by atoms with E-state index in [1.165, 1.54) is 0 Å². The van der Waals surface area contributed by atoms with E-state index in [0.717, 1.165) is 15.4 Å². The zero-order valence-corrected chi connectivity index (χ0v) is 17.3. The zero-order chi connectivity index (χ0) is 12.8. The van der Waals surface area contributed by atoms with E-state index in [1.54, 1.807) is 6.07 Å². The predicted molar refractivity (Wildman–Crippen MR) is 63.2 cm³/mol. The molecule has 18 heavy (non-hydrogen) atoms. The first kappa shape index (κ1) is 24.6. The second-order valence-electron chi connectivity index (χ2n) is 2.29. The summed E-state index contributed by atoms with van der Waals surface area (Å²) in [4.78, 5) is 10.2. The third-order valence-corrected chi connectivity index (χ3v) is 3.16. The smallest absolute Gasteiger partial charge is 0.761 e. The Morgan fingerprint density at radius 1 is 1.28 bits per heavy atom. The second kappa shape index (κ2) is 12.4. The van der Waals surface area contributed by atoms with Crippen LogP contribution in [0.1, 0.15) is 10.4 Å². The van der Waals surface area contributed by atoms with E-state index in [1.807, 2.05) is 18.2 Å². The van der Waals surface area contributed by atoms with Crippen LogP contribution in [0.4, 0.5) is 0 Å². The predicted octanol–water partition coefficient (Wildman–Crippen LogP) is -5.56. The Balaban J connectivity index is -0.000000232. The molecule has 0 bridgehead atoms. The molecule has 1 aromatic rings. The normalized spacial score (nSPS) is 10.8. The molecule has 0 aliphatic carbocycles. The summed E-state index contributed by atoms with van der Waals surface area (Å²) in [5.74, 6) is 0. The number of hydrogen-bond acceptors (Lipinski definition) is 6. The summed E-state index contributed by atoms with van der Waals surface area (Å²) in [6, 6.07) is 7.45. The maximum Gasteiger partial charge on any atom is 1.00 e. The summed E-state index contributed by atoms with van der Waals surface area (Å²) in [5, 5.41) is 0. The zero-order valence-electron chi connectivity index (χ0n) is 9.53. The molecule has 1 aromatic carbocycles. The van der Waals surface area contributed by atoms with E-state index in [2.05, 4.69) is 22.6 Å². The SMILES string of the molecule is O=Cc1cccc(I)c1.O=S([O-])S(=O)(=O)[O-].[Na+].[Na+]. The van der Waals surface area contributed by atoms with Crippen LogP contribution in [0, 0.1) is 3.57 Å². The molecule has 0 radical (unpaired) electrons. The van der Waals surface area contributed by atoms with Crippen molar-refractivity contribution in [3.8, 4) is 0 Å². The van der Waals surface area contributed by atoms with Gasteiger partial charge in [-0.05, 0) is 34.7 Å². The Hall–Kier alpha value is 1.64. The minimum Gasteiger partial charge on any atom is -0.761 e. The standard InChI is InChI=1S/C7H5IO.2Na.H2O5S2/c8-7-3-1-2-6(4-7)5-9;;;1-6(2)7(3,4)5/h1-5H;;;(H,1,2)(H,3,4,5)/q;2*+1;/p-2. The first-order valence-corrected chi connectivity index (χ1v) is 7.61. The second-order valence-corrected chi connectivity index (χ2v) is 6.80. The van der Waals surface area contributed by atoms with Gasteiger partial charge in [-0.25, -0.2) is 8.42 Å². The maximum absolute atomic E-state index is 10.2. The van der Waals surface area contributed by atoms with E-state index in [-0.39, 0.29) is 59.1 Å². The molecule has 0 spiro atoms. The van der Waals surface area contributed by atoms with Crippen LogP contribution in [0.5, 0.6) is 0 Å². The summed E-state index contributed by atoms with van der Waals surface area (Å²) in [7, 11) is -8.59. The molecule has 0 aliphatic heterocycles. The van der Waals surface area contributed by atoms with Gasteiger partial charge < -0.3 is 9.11 Å². The van der Waals surface area contributed by atoms with Gasteiger partial charge in [-0.15, -0.1) is 0 Å². The van der Waals surface area contributed by atoms with Gasteiger partial charge in [0, 0.05) is 9.13 Å². The van der Waals surface area contributed by atoms with Crippen molar-refractivity contribution in [3.63, 3.8) is 0 Å². The van der Waals surface area contributed by atoms with Crippen LogP contribution in [0.15, 0.2) is 24.3 Å². The molecule has 1 rings (SSSR count). The first-order chi connectivity index (χ1) is 7.27. The van der Waals surface area contributed by atoms with Gasteiger partial charge in [-0.3, -0.25) is 9.00 Å². The van der Waals surface area contributed by atoms with Crippen molar-refractivity contribution < 1.29 is 85.6 Å². The summed E-state index contributed by atoms with van der Waals surface area (Å²) in [6.45, 7) is 0. The minimum atomic E-state index is -5.07. The van der Waals surface area contributed by atoms with Crippen molar-refractivity contribution in [3.05, 3.63) is 33.4 Å². The van der Waals surface area contributed by atoms with Gasteiger partial charge in [-0.2, -0.15) is 0 Å². The number of halogens is 1. The van der Waals surface area contributed by atoms with Gasteiger partial charge >= 0.3 is 59.1 Å². The molecule has 0 aromatic heterocycles. The molecular weight excluding hydrogens is 417 g/mol. The molecule has 1 unspecified atom stereocenters. The summed E-state index contributed by atoms with van der Waals surface area (Å²) >= 11 is 2.17. The fraction of sp³-hybridized carbons (Fsp3) is 0. The third kappa shape index (κ3) is 12.7. The quantitative estimate of drug-likeness (QED) is 0.117. The van der Waals surface area contributed by atoms with E-state index in [9.17, 15) is 4.79 Å². The number of benzene rings is 1. The van der Waals surface area contributed by atoms with Crippen LogP contribution in [-0.2, 0) is 19.3 Å². The van der Waals surface area contributed by atoms with Crippen LogP contribution in [0.25, 0.3) is 0 Å². The van der Waals surface area contributed by atoms with E-state index in [4.69, 9.17) is 21.7 Å². The Kier molecular flexibility index (Phi) is 17.0. The molecular formula is C7H5INa2O6S2. The topological polar surface area (TPSA) is 114 Å². The van der Waals surface area contributed by atoms with Gasteiger partial charge in [0.1, 0.15) is 6.29 Å². The Morgan fingerprint density at radius 3 is 1.94 bits per heavy atom. The fourth-order valence-corrected chi connectivity index (χ4v) is 1.15. The number of rotatable bonds is 2. The molecule has 0 aliphatic rings. The van der Waals surface area contributed by atoms with Crippen molar-refractivity contribution in [2.24, 2.45) is 0 Å². The van der Waals surface area contributed by atoms with Gasteiger partial charge in [0.2, 0.25) is 0 Å². The number of aldehydes is 1. The molecule has 0 amide bonds. The van der Waals surface area contributed by atoms with Gasteiger partial charge in [0.15, 0.2) is 9.15 Å². The molecule has 11 heteroatoms. The maximum atomic E-state index is 10.2. The average molecular weight is 422 g/mol. The van der Waals surface area contributed by atoms with Crippen LogP contribution < -0.4 is 59.1 Å². The van der Waals surface area contributed by atoms with Crippen molar-refractivity contribution in [2.45, 2.75) is 0 Å². The van der Waals surface area contributed by atoms with E-state index >= 15 is 0 Å². The average Bonchev–Trinajstić information content (AvgIpc) is 2.17. The Morgan fingerprint density at radius 2 is 1.72 bits per heavy atom. The largest absolute Gasteiger partial charge is 1.00 e. The summed E-state index contributed by atoms with van der Waals surface area (Å²) < 4.78 is 46.8. The van der Waals surface area contributed by atoms with Crippen molar-refractivity contribution in [1.82, 2.24) is 0 Å². The van der Waals surface area contributed by atoms with Crippen molar-refractivity contribution in [1.29, 1.82) is 0 Å². The molecule has 0 saturated heterocycles. The van der Waals surface area contributed by atoms with E-state index < -0.39 is 19.3 Å².